The van der Waals surface area contributed by atoms with Gasteiger partial charge in [-0.25, -0.2) is 0 Å². The van der Waals surface area contributed by atoms with E-state index in [2.05, 4.69) is 27.4 Å². The van der Waals surface area contributed by atoms with Crippen LogP contribution in [-0.4, -0.2) is 54.7 Å². The van der Waals surface area contributed by atoms with Gasteiger partial charge in [-0.2, -0.15) is 0 Å². The maximum Gasteiger partial charge on any atom is 0.250 e. The van der Waals surface area contributed by atoms with Crippen molar-refractivity contribution in [2.45, 2.75) is 58.0 Å². The third kappa shape index (κ3) is 6.83. The number of aromatic nitrogens is 1. The summed E-state index contributed by atoms with van der Waals surface area (Å²) in [7, 11) is 1.81. The molecule has 26 heavy (non-hydrogen) atoms. The molecule has 1 aromatic heterocycles. The van der Waals surface area contributed by atoms with Crippen molar-refractivity contribution >= 4 is 5.96 Å². The van der Waals surface area contributed by atoms with Gasteiger partial charge in [-0.3, -0.25) is 14.7 Å². The van der Waals surface area contributed by atoms with E-state index in [1.807, 2.05) is 19.3 Å². The second-order valence-electron chi connectivity index (χ2n) is 6.96. The summed E-state index contributed by atoms with van der Waals surface area (Å²) in [5.74, 6) is 0.868. The molecule has 2 heterocycles. The summed E-state index contributed by atoms with van der Waals surface area (Å²) in [4.78, 5) is 18.6. The van der Waals surface area contributed by atoms with Gasteiger partial charge < -0.3 is 15.2 Å². The number of hydrogen-bond donors (Lipinski definition) is 2. The Bertz CT molecular complexity index is 598. The molecule has 2 rings (SSSR count). The van der Waals surface area contributed by atoms with Gasteiger partial charge in [0.05, 0.1) is 0 Å². The van der Waals surface area contributed by atoms with Crippen LogP contribution in [0.1, 0.15) is 45.4 Å². The topological polar surface area (TPSA) is 61.7 Å². The number of aliphatic imine (C=N–C) groups is 1. The van der Waals surface area contributed by atoms with Crippen LogP contribution in [0.25, 0.3) is 0 Å². The van der Waals surface area contributed by atoms with Crippen molar-refractivity contribution in [1.29, 1.82) is 0 Å². The molecule has 0 spiro atoms. The minimum absolute atomic E-state index is 0.0704. The van der Waals surface area contributed by atoms with E-state index in [-0.39, 0.29) is 5.56 Å². The minimum atomic E-state index is 0.0704. The van der Waals surface area contributed by atoms with Crippen LogP contribution in [0.4, 0.5) is 0 Å². The predicted octanol–water partition coefficient (Wildman–Crippen LogP) is 2.06. The van der Waals surface area contributed by atoms with Gasteiger partial charge in [0, 0.05) is 51.5 Å². The Kier molecular flexibility index (Phi) is 9.24. The fourth-order valence-corrected chi connectivity index (χ4v) is 3.61. The van der Waals surface area contributed by atoms with Crippen LogP contribution in [0, 0.1) is 0 Å². The average Bonchev–Trinajstić information content (AvgIpc) is 2.68. The molecule has 0 aliphatic carbocycles. The summed E-state index contributed by atoms with van der Waals surface area (Å²) >= 11 is 0. The van der Waals surface area contributed by atoms with Crippen molar-refractivity contribution < 1.29 is 0 Å². The first-order chi connectivity index (χ1) is 12.7. The van der Waals surface area contributed by atoms with E-state index in [0.717, 1.165) is 51.0 Å². The minimum Gasteiger partial charge on any atom is -0.356 e. The SMILES string of the molecule is CCC1CCCCN1CCNC(=NC)NCCCCn1ccccc1=O. The normalized spacial score (nSPS) is 18.7. The highest BCUT2D eigenvalue weighted by Gasteiger charge is 2.19. The van der Waals surface area contributed by atoms with Gasteiger partial charge in [-0.05, 0) is 44.7 Å². The maximum atomic E-state index is 11.6. The van der Waals surface area contributed by atoms with Crippen LogP contribution >= 0.6 is 0 Å². The molecule has 2 N–H and O–H groups in total. The van der Waals surface area contributed by atoms with Gasteiger partial charge in [0.1, 0.15) is 0 Å². The second kappa shape index (κ2) is 11.7. The molecule has 1 fully saturated rings. The summed E-state index contributed by atoms with van der Waals surface area (Å²) in [6.07, 6.45) is 9.12. The lowest BCUT2D eigenvalue weighted by Crippen LogP contribution is -2.46. The number of pyridine rings is 1. The van der Waals surface area contributed by atoms with Gasteiger partial charge in [-0.1, -0.05) is 19.4 Å². The smallest absolute Gasteiger partial charge is 0.250 e. The molecule has 1 aliphatic heterocycles. The first kappa shape index (κ1) is 20.5. The summed E-state index contributed by atoms with van der Waals surface area (Å²) in [6.45, 7) is 7.15. The van der Waals surface area contributed by atoms with Crippen LogP contribution in [0.5, 0.6) is 0 Å². The summed E-state index contributed by atoms with van der Waals surface area (Å²) in [5, 5.41) is 6.79. The summed E-state index contributed by atoms with van der Waals surface area (Å²) < 4.78 is 1.76. The lowest BCUT2D eigenvalue weighted by Gasteiger charge is -2.35. The molecule has 6 nitrogen and oxygen atoms in total. The Hall–Kier alpha value is -1.82. The molecule has 1 aromatic rings. The van der Waals surface area contributed by atoms with Gasteiger partial charge >= 0.3 is 0 Å². The Labute approximate surface area is 157 Å². The molecule has 6 heteroatoms. The third-order valence-electron chi connectivity index (χ3n) is 5.15. The second-order valence-corrected chi connectivity index (χ2v) is 6.96. The molecule has 1 unspecified atom stereocenters. The Morgan fingerprint density at radius 2 is 2.04 bits per heavy atom. The number of aryl methyl sites for hydroxylation is 1. The lowest BCUT2D eigenvalue weighted by molar-refractivity contribution is 0.147. The molecule has 0 aromatic carbocycles. The highest BCUT2D eigenvalue weighted by atomic mass is 16.1. The Morgan fingerprint density at radius 3 is 2.81 bits per heavy atom. The zero-order valence-electron chi connectivity index (χ0n) is 16.4. The number of nitrogens with one attached hydrogen (secondary N) is 2. The van der Waals surface area contributed by atoms with Crippen molar-refractivity contribution in [3.63, 3.8) is 0 Å². The molecule has 0 bridgehead atoms. The first-order valence-corrected chi connectivity index (χ1v) is 10.1. The number of likely N-dealkylation sites (tertiary alicyclic amines) is 1. The molecule has 1 atom stereocenters. The highest BCUT2D eigenvalue weighted by Crippen LogP contribution is 2.18. The largest absolute Gasteiger partial charge is 0.356 e. The Balaban J connectivity index is 1.59. The van der Waals surface area contributed by atoms with Gasteiger partial charge in [0.15, 0.2) is 5.96 Å². The maximum absolute atomic E-state index is 11.6. The van der Waals surface area contributed by atoms with Crippen LogP contribution in [0.3, 0.4) is 0 Å². The van der Waals surface area contributed by atoms with Crippen molar-refractivity contribution in [3.8, 4) is 0 Å². The predicted molar refractivity (Wildman–Crippen MR) is 109 cm³/mol. The lowest BCUT2D eigenvalue weighted by atomic mass is 10.0. The number of unbranched alkanes of at least 4 members (excludes halogenated alkanes) is 1. The number of nitrogens with zero attached hydrogens (tertiary/aromatic N) is 3. The standard InChI is InChI=1S/C20H35N5O/c1-3-18-10-4-7-14-24(18)17-13-23-20(21-2)22-12-6-9-16-25-15-8-5-11-19(25)26/h5,8,11,15,18H,3-4,6-7,9-10,12-14,16-17H2,1-2H3,(H2,21,22,23). The van der Waals surface area contributed by atoms with Crippen molar-refractivity contribution in [3.05, 3.63) is 34.7 Å². The quantitative estimate of drug-likeness (QED) is 0.401. The molecule has 0 saturated carbocycles. The number of hydrogen-bond acceptors (Lipinski definition) is 3. The fraction of sp³-hybridized carbons (Fsp3) is 0.700. The van der Waals surface area contributed by atoms with E-state index in [4.69, 9.17) is 0 Å². The third-order valence-corrected chi connectivity index (χ3v) is 5.15. The molecule has 0 radical (unpaired) electrons. The molecule has 1 saturated heterocycles. The van der Waals surface area contributed by atoms with E-state index < -0.39 is 0 Å². The monoisotopic (exact) mass is 361 g/mol. The van der Waals surface area contributed by atoms with E-state index in [9.17, 15) is 4.79 Å². The average molecular weight is 362 g/mol. The zero-order chi connectivity index (χ0) is 18.6. The fourth-order valence-electron chi connectivity index (χ4n) is 3.61. The van der Waals surface area contributed by atoms with Crippen molar-refractivity contribution in [2.75, 3.05) is 33.2 Å². The van der Waals surface area contributed by atoms with Crippen LogP contribution in [0.15, 0.2) is 34.2 Å². The molecular formula is C20H35N5O. The highest BCUT2D eigenvalue weighted by molar-refractivity contribution is 5.79. The molecule has 1 aliphatic rings. The number of rotatable bonds is 9. The van der Waals surface area contributed by atoms with E-state index in [0.29, 0.717) is 0 Å². The van der Waals surface area contributed by atoms with Crippen molar-refractivity contribution in [1.82, 2.24) is 20.1 Å². The molecule has 146 valence electrons. The van der Waals surface area contributed by atoms with E-state index in [1.165, 1.54) is 32.2 Å². The first-order valence-electron chi connectivity index (χ1n) is 10.1. The number of piperidine rings is 1. The Morgan fingerprint density at radius 1 is 1.19 bits per heavy atom. The van der Waals surface area contributed by atoms with Crippen LogP contribution < -0.4 is 16.2 Å². The van der Waals surface area contributed by atoms with Crippen LogP contribution in [0.2, 0.25) is 0 Å². The van der Waals surface area contributed by atoms with Gasteiger partial charge in [0.25, 0.3) is 0 Å². The van der Waals surface area contributed by atoms with Gasteiger partial charge in [-0.15, -0.1) is 0 Å². The number of guanidine groups is 1. The van der Waals surface area contributed by atoms with Gasteiger partial charge in [0.2, 0.25) is 5.56 Å². The molecular weight excluding hydrogens is 326 g/mol. The van der Waals surface area contributed by atoms with Crippen LogP contribution in [-0.2, 0) is 6.54 Å². The van der Waals surface area contributed by atoms with Crippen molar-refractivity contribution in [2.24, 2.45) is 4.99 Å². The van der Waals surface area contributed by atoms with E-state index >= 15 is 0 Å². The summed E-state index contributed by atoms with van der Waals surface area (Å²) in [5.41, 5.74) is 0.0704. The summed E-state index contributed by atoms with van der Waals surface area (Å²) in [6, 6.07) is 6.04. The van der Waals surface area contributed by atoms with E-state index in [1.54, 1.807) is 16.7 Å². The zero-order valence-corrected chi connectivity index (χ0v) is 16.4. The molecule has 0 amide bonds.